The zero-order valence-corrected chi connectivity index (χ0v) is 13.9. The highest BCUT2D eigenvalue weighted by molar-refractivity contribution is 5.95. The van der Waals surface area contributed by atoms with Gasteiger partial charge in [-0.1, -0.05) is 26.0 Å². The van der Waals surface area contributed by atoms with E-state index in [1.165, 1.54) is 5.56 Å². The molecule has 0 fully saturated rings. The van der Waals surface area contributed by atoms with Gasteiger partial charge in [-0.3, -0.25) is 9.59 Å². The fraction of sp³-hybridized carbons (Fsp3) is 0.263. The molecule has 0 heterocycles. The summed E-state index contributed by atoms with van der Waals surface area (Å²) in [6, 6.07) is 14.2. The maximum atomic E-state index is 11.9. The Kier molecular flexibility index (Phi) is 5.95. The van der Waals surface area contributed by atoms with Crippen molar-refractivity contribution < 1.29 is 14.3 Å². The first-order valence-electron chi connectivity index (χ1n) is 7.92. The average molecular weight is 326 g/mol. The third-order valence-electron chi connectivity index (χ3n) is 3.88. The van der Waals surface area contributed by atoms with Gasteiger partial charge in [0.05, 0.1) is 0 Å². The molecule has 2 aromatic carbocycles. The fourth-order valence-corrected chi connectivity index (χ4v) is 2.19. The van der Waals surface area contributed by atoms with E-state index in [9.17, 15) is 9.59 Å². The Labute approximate surface area is 141 Å². The summed E-state index contributed by atoms with van der Waals surface area (Å²) in [6.45, 7) is 4.24. The van der Waals surface area contributed by atoms with Crippen molar-refractivity contribution in [1.29, 1.82) is 0 Å². The fourth-order valence-electron chi connectivity index (χ4n) is 2.19. The predicted octanol–water partition coefficient (Wildman–Crippen LogP) is 3.32. The number of carbonyl (C=O) groups is 2. The van der Waals surface area contributed by atoms with Crippen LogP contribution in [0.3, 0.4) is 0 Å². The summed E-state index contributed by atoms with van der Waals surface area (Å²) < 4.78 is 5.48. The lowest BCUT2D eigenvalue weighted by Crippen LogP contribution is -2.20. The van der Waals surface area contributed by atoms with E-state index >= 15 is 0 Å². The van der Waals surface area contributed by atoms with E-state index in [4.69, 9.17) is 10.5 Å². The molecule has 24 heavy (non-hydrogen) atoms. The molecule has 5 nitrogen and oxygen atoms in total. The smallest absolute Gasteiger partial charge is 0.262 e. The van der Waals surface area contributed by atoms with E-state index in [0.717, 1.165) is 6.42 Å². The minimum atomic E-state index is -0.503. The van der Waals surface area contributed by atoms with Crippen LogP contribution in [0.2, 0.25) is 0 Å². The van der Waals surface area contributed by atoms with Gasteiger partial charge < -0.3 is 15.8 Å². The molecular weight excluding hydrogens is 304 g/mol. The van der Waals surface area contributed by atoms with Crippen LogP contribution in [-0.2, 0) is 4.79 Å². The lowest BCUT2D eigenvalue weighted by atomic mass is 9.99. The first-order valence-corrected chi connectivity index (χ1v) is 7.92. The summed E-state index contributed by atoms with van der Waals surface area (Å²) in [5, 5.41) is 2.70. The third kappa shape index (κ3) is 4.84. The normalized spacial score (nSPS) is 11.6. The maximum absolute atomic E-state index is 11.9. The van der Waals surface area contributed by atoms with Crippen LogP contribution in [0.4, 0.5) is 5.69 Å². The molecule has 0 aliphatic rings. The summed E-state index contributed by atoms with van der Waals surface area (Å²) in [5.41, 5.74) is 7.40. The van der Waals surface area contributed by atoms with Crippen LogP contribution in [0.5, 0.6) is 5.75 Å². The molecule has 0 radical (unpaired) electrons. The molecule has 5 heteroatoms. The Balaban J connectivity index is 1.85. The number of ether oxygens (including phenoxy) is 1. The quantitative estimate of drug-likeness (QED) is 0.819. The number of primary amides is 1. The number of nitrogens with one attached hydrogen (secondary N) is 1. The standard InChI is InChI=1S/C19H22N2O3/c1-3-13(2)14-6-10-17(11-7-14)24-12-18(22)21-16-8-4-15(5-9-16)19(20)23/h4-11,13H,3,12H2,1-2H3,(H2,20,23)(H,21,22)/t13-/m0/s1. The number of nitrogens with two attached hydrogens (primary N) is 1. The summed E-state index contributed by atoms with van der Waals surface area (Å²) in [4.78, 5) is 22.9. The van der Waals surface area contributed by atoms with Crippen molar-refractivity contribution in [3.05, 3.63) is 59.7 Å². The number of benzene rings is 2. The van der Waals surface area contributed by atoms with Crippen LogP contribution < -0.4 is 15.8 Å². The van der Waals surface area contributed by atoms with Crippen LogP contribution in [0.25, 0.3) is 0 Å². The maximum Gasteiger partial charge on any atom is 0.262 e. The molecule has 2 aromatic rings. The second-order valence-corrected chi connectivity index (χ2v) is 5.66. The van der Waals surface area contributed by atoms with Gasteiger partial charge in [-0.15, -0.1) is 0 Å². The number of hydrogen-bond donors (Lipinski definition) is 2. The largest absolute Gasteiger partial charge is 0.484 e. The molecule has 126 valence electrons. The second-order valence-electron chi connectivity index (χ2n) is 5.66. The third-order valence-corrected chi connectivity index (χ3v) is 3.88. The van der Waals surface area contributed by atoms with Crippen molar-refractivity contribution in [2.75, 3.05) is 11.9 Å². The molecule has 0 aromatic heterocycles. The van der Waals surface area contributed by atoms with Gasteiger partial charge in [0.1, 0.15) is 5.75 Å². The minimum Gasteiger partial charge on any atom is -0.484 e. The highest BCUT2D eigenvalue weighted by atomic mass is 16.5. The SMILES string of the molecule is CC[C@H](C)c1ccc(OCC(=O)Nc2ccc(C(N)=O)cc2)cc1. The Morgan fingerprint density at radius 2 is 1.71 bits per heavy atom. The van der Waals surface area contributed by atoms with Gasteiger partial charge in [-0.2, -0.15) is 0 Å². The van der Waals surface area contributed by atoms with E-state index in [1.807, 2.05) is 24.3 Å². The Hall–Kier alpha value is -2.82. The first kappa shape index (κ1) is 17.5. The lowest BCUT2D eigenvalue weighted by Gasteiger charge is -2.11. The van der Waals surface area contributed by atoms with Crippen molar-refractivity contribution >= 4 is 17.5 Å². The Bertz CT molecular complexity index is 694. The van der Waals surface area contributed by atoms with Gasteiger partial charge in [0, 0.05) is 11.3 Å². The second kappa shape index (κ2) is 8.15. The van der Waals surface area contributed by atoms with Crippen molar-refractivity contribution in [1.82, 2.24) is 0 Å². The van der Waals surface area contributed by atoms with Crippen LogP contribution in [0.1, 0.15) is 42.1 Å². The molecule has 0 bridgehead atoms. The van der Waals surface area contributed by atoms with Gasteiger partial charge in [-0.05, 0) is 54.3 Å². The first-order chi connectivity index (χ1) is 11.5. The number of anilines is 1. The topological polar surface area (TPSA) is 81.4 Å². The van der Waals surface area contributed by atoms with Crippen molar-refractivity contribution in [2.24, 2.45) is 5.73 Å². The van der Waals surface area contributed by atoms with Crippen LogP contribution in [0, 0.1) is 0 Å². The van der Waals surface area contributed by atoms with Crippen LogP contribution in [0.15, 0.2) is 48.5 Å². The molecule has 3 N–H and O–H groups in total. The monoisotopic (exact) mass is 326 g/mol. The molecule has 0 aliphatic heterocycles. The summed E-state index contributed by atoms with van der Waals surface area (Å²) in [6.07, 6.45) is 1.08. The summed E-state index contributed by atoms with van der Waals surface area (Å²) in [7, 11) is 0. The number of rotatable bonds is 7. The lowest BCUT2D eigenvalue weighted by molar-refractivity contribution is -0.118. The van der Waals surface area contributed by atoms with E-state index in [-0.39, 0.29) is 12.5 Å². The molecule has 0 aliphatic carbocycles. The summed E-state index contributed by atoms with van der Waals surface area (Å²) >= 11 is 0. The molecule has 0 spiro atoms. The molecule has 0 saturated heterocycles. The van der Waals surface area contributed by atoms with Gasteiger partial charge in [0.2, 0.25) is 5.91 Å². The predicted molar refractivity (Wildman–Crippen MR) is 94.2 cm³/mol. The zero-order valence-electron chi connectivity index (χ0n) is 13.9. The highest BCUT2D eigenvalue weighted by Gasteiger charge is 2.06. The molecular formula is C19H22N2O3. The number of hydrogen-bond acceptors (Lipinski definition) is 3. The number of amides is 2. The average Bonchev–Trinajstić information content (AvgIpc) is 2.60. The minimum absolute atomic E-state index is 0.0831. The van der Waals surface area contributed by atoms with Gasteiger partial charge in [0.25, 0.3) is 5.91 Å². The van der Waals surface area contributed by atoms with E-state index < -0.39 is 5.91 Å². The van der Waals surface area contributed by atoms with Gasteiger partial charge in [0.15, 0.2) is 6.61 Å². The van der Waals surface area contributed by atoms with Crippen molar-refractivity contribution in [2.45, 2.75) is 26.2 Å². The van der Waals surface area contributed by atoms with Gasteiger partial charge in [-0.25, -0.2) is 0 Å². The molecule has 2 rings (SSSR count). The van der Waals surface area contributed by atoms with E-state index in [0.29, 0.717) is 22.9 Å². The number of carbonyl (C=O) groups excluding carboxylic acids is 2. The summed E-state index contributed by atoms with van der Waals surface area (Å²) in [5.74, 6) is 0.386. The Morgan fingerprint density at radius 3 is 2.25 bits per heavy atom. The van der Waals surface area contributed by atoms with Crippen LogP contribution >= 0.6 is 0 Å². The molecule has 2 amide bonds. The molecule has 0 saturated carbocycles. The van der Waals surface area contributed by atoms with E-state index in [2.05, 4.69) is 19.2 Å². The zero-order chi connectivity index (χ0) is 17.5. The molecule has 1 atom stereocenters. The van der Waals surface area contributed by atoms with E-state index in [1.54, 1.807) is 24.3 Å². The van der Waals surface area contributed by atoms with Crippen LogP contribution in [-0.4, -0.2) is 18.4 Å². The highest BCUT2D eigenvalue weighted by Crippen LogP contribution is 2.21. The Morgan fingerprint density at radius 1 is 1.08 bits per heavy atom. The van der Waals surface area contributed by atoms with Crippen molar-refractivity contribution in [3.63, 3.8) is 0 Å². The van der Waals surface area contributed by atoms with Crippen molar-refractivity contribution in [3.8, 4) is 5.75 Å². The molecule has 0 unspecified atom stereocenters. The van der Waals surface area contributed by atoms with Gasteiger partial charge >= 0.3 is 0 Å².